The van der Waals surface area contributed by atoms with Crippen molar-refractivity contribution in [1.82, 2.24) is 19.7 Å². The van der Waals surface area contributed by atoms with Crippen molar-refractivity contribution in [3.63, 3.8) is 0 Å². The highest BCUT2D eigenvalue weighted by molar-refractivity contribution is 5.96. The number of likely N-dealkylation sites (tertiary alicyclic amines) is 1. The number of amides is 2. The normalized spacial score (nSPS) is 24.2. The third-order valence-electron chi connectivity index (χ3n) is 5.79. The van der Waals surface area contributed by atoms with Crippen LogP contribution in [-0.2, 0) is 0 Å². The van der Waals surface area contributed by atoms with Crippen molar-refractivity contribution >= 4 is 18.2 Å². The fourth-order valence-electron chi connectivity index (χ4n) is 4.11. The lowest BCUT2D eigenvalue weighted by Crippen LogP contribution is -2.44. The van der Waals surface area contributed by atoms with Gasteiger partial charge in [0, 0.05) is 32.4 Å². The number of hydrogen-bond acceptors (Lipinski definition) is 5. The molecule has 2 saturated heterocycles. The molecule has 1 aromatic heterocycles. The van der Waals surface area contributed by atoms with E-state index in [9.17, 15) is 18.0 Å². The van der Waals surface area contributed by atoms with Gasteiger partial charge in [-0.05, 0) is 49.7 Å². The number of aliphatic imine (C=N–C) groups is 1. The third-order valence-corrected chi connectivity index (χ3v) is 5.79. The van der Waals surface area contributed by atoms with E-state index >= 15 is 0 Å². The van der Waals surface area contributed by atoms with Crippen molar-refractivity contribution < 1.29 is 18.0 Å². The van der Waals surface area contributed by atoms with E-state index in [2.05, 4.69) is 20.2 Å². The van der Waals surface area contributed by atoms with Crippen molar-refractivity contribution in [1.29, 1.82) is 0 Å². The average Bonchev–Trinajstić information content (AvgIpc) is 3.20. The minimum atomic E-state index is -4.23. The number of carbonyl (C=O) groups is 1. The summed E-state index contributed by atoms with van der Waals surface area (Å²) in [5.41, 5.74) is 0. The highest BCUT2D eigenvalue weighted by atomic mass is 19.4. The summed E-state index contributed by atoms with van der Waals surface area (Å²) in [7, 11) is 0. The van der Waals surface area contributed by atoms with Crippen LogP contribution in [0.25, 0.3) is 0 Å². The molecule has 31 heavy (non-hydrogen) atoms. The summed E-state index contributed by atoms with van der Waals surface area (Å²) in [5.74, 6) is -0.531. The molecule has 0 radical (unpaired) electrons. The molecule has 166 valence electrons. The fourth-order valence-corrected chi connectivity index (χ4v) is 4.11. The van der Waals surface area contributed by atoms with Crippen LogP contribution in [-0.4, -0.2) is 70.5 Å². The average molecular weight is 434 g/mol. The minimum absolute atomic E-state index is 0.0965. The lowest BCUT2D eigenvalue weighted by molar-refractivity contribution is -0.185. The fraction of sp³-hybridized carbons (Fsp3) is 0.476. The number of nitrogens with one attached hydrogen (secondary N) is 1. The van der Waals surface area contributed by atoms with E-state index in [0.29, 0.717) is 31.1 Å². The van der Waals surface area contributed by atoms with Gasteiger partial charge in [-0.3, -0.25) is 10.2 Å². The summed E-state index contributed by atoms with van der Waals surface area (Å²) in [6, 6.07) is 4.75. The van der Waals surface area contributed by atoms with Crippen LogP contribution >= 0.6 is 0 Å². The quantitative estimate of drug-likeness (QED) is 0.772. The molecule has 2 amide bonds. The number of hydrogen-bond donors (Lipinski definition) is 1. The molecule has 4 rings (SSSR count). The van der Waals surface area contributed by atoms with E-state index in [1.807, 2.05) is 12.3 Å². The van der Waals surface area contributed by atoms with Crippen LogP contribution < -0.4 is 5.32 Å². The second kappa shape index (κ2) is 8.99. The SMILES string of the molecule is O=C(Nc1ccccn1)N1C=NC(N2CCC[C@@H](C(F)(F)F)C2)=CC=CN2CC[C@H]1C2. The summed E-state index contributed by atoms with van der Waals surface area (Å²) in [6.07, 6.45) is 5.56. The lowest BCUT2D eigenvalue weighted by Gasteiger charge is -2.35. The zero-order valence-electron chi connectivity index (χ0n) is 17.0. The van der Waals surface area contributed by atoms with E-state index in [4.69, 9.17) is 0 Å². The van der Waals surface area contributed by atoms with Gasteiger partial charge >= 0.3 is 12.2 Å². The molecule has 4 heterocycles. The molecule has 2 fully saturated rings. The zero-order chi connectivity index (χ0) is 21.8. The van der Waals surface area contributed by atoms with Gasteiger partial charge in [0.2, 0.25) is 0 Å². The Balaban J connectivity index is 1.56. The van der Waals surface area contributed by atoms with Crippen LogP contribution in [0.3, 0.4) is 0 Å². The van der Waals surface area contributed by atoms with Crippen molar-refractivity contribution in [2.75, 3.05) is 31.5 Å². The zero-order valence-corrected chi connectivity index (χ0v) is 17.0. The number of nitrogens with zero attached hydrogens (tertiary/aromatic N) is 5. The van der Waals surface area contributed by atoms with Crippen molar-refractivity contribution in [2.24, 2.45) is 10.9 Å². The molecule has 7 nitrogen and oxygen atoms in total. The molecule has 1 aromatic rings. The Morgan fingerprint density at radius 3 is 2.81 bits per heavy atom. The van der Waals surface area contributed by atoms with Gasteiger partial charge in [0.1, 0.15) is 18.0 Å². The molecule has 0 aliphatic carbocycles. The Kier molecular flexibility index (Phi) is 6.15. The molecule has 3 aliphatic rings. The summed E-state index contributed by atoms with van der Waals surface area (Å²) < 4.78 is 39.8. The summed E-state index contributed by atoms with van der Waals surface area (Å²) in [6.45, 7) is 1.80. The van der Waals surface area contributed by atoms with Crippen LogP contribution in [0.1, 0.15) is 19.3 Å². The number of piperidine rings is 1. The number of pyridine rings is 1. The predicted octanol–water partition coefficient (Wildman–Crippen LogP) is 3.66. The Morgan fingerprint density at radius 2 is 2.03 bits per heavy atom. The van der Waals surface area contributed by atoms with Crippen LogP contribution in [0, 0.1) is 5.92 Å². The molecule has 2 bridgehead atoms. The number of aromatic nitrogens is 1. The molecule has 2 atom stereocenters. The van der Waals surface area contributed by atoms with Crippen LogP contribution in [0.4, 0.5) is 23.8 Å². The van der Waals surface area contributed by atoms with Crippen molar-refractivity contribution in [3.05, 3.63) is 48.6 Å². The van der Waals surface area contributed by atoms with E-state index in [0.717, 1.165) is 13.0 Å². The predicted molar refractivity (Wildman–Crippen MR) is 111 cm³/mol. The van der Waals surface area contributed by atoms with Gasteiger partial charge in [-0.15, -0.1) is 0 Å². The Bertz CT molecular complexity index is 870. The summed E-state index contributed by atoms with van der Waals surface area (Å²) >= 11 is 0. The van der Waals surface area contributed by atoms with Gasteiger partial charge in [0.25, 0.3) is 0 Å². The standard InChI is InChI=1S/C21H25F3N6O/c22-21(23,24)16-5-3-11-29(13-16)19-7-4-10-28-12-8-17(14-28)30(15-26-19)20(31)27-18-6-1-2-9-25-18/h1-2,4,6-7,9-10,15-17H,3,5,8,11-14H2,(H,25,27,31)/t16-,17+/m1/s1. The van der Waals surface area contributed by atoms with Crippen LogP contribution in [0.15, 0.2) is 53.6 Å². The molecular formula is C21H25F3N6O. The monoisotopic (exact) mass is 434 g/mol. The van der Waals surface area contributed by atoms with E-state index in [1.165, 1.54) is 11.2 Å². The van der Waals surface area contributed by atoms with Crippen molar-refractivity contribution in [2.45, 2.75) is 31.5 Å². The molecule has 0 spiro atoms. The number of urea groups is 1. The van der Waals surface area contributed by atoms with Gasteiger partial charge in [0.15, 0.2) is 0 Å². The lowest BCUT2D eigenvalue weighted by atomic mass is 9.97. The first-order valence-corrected chi connectivity index (χ1v) is 10.4. The van der Waals surface area contributed by atoms with Gasteiger partial charge in [-0.1, -0.05) is 6.07 Å². The number of alkyl halides is 3. The number of rotatable bonds is 2. The number of carbonyl (C=O) groups excluding carboxylic acids is 1. The van der Waals surface area contributed by atoms with Gasteiger partial charge in [-0.2, -0.15) is 13.2 Å². The maximum atomic E-state index is 13.3. The first kappa shape index (κ1) is 21.2. The number of anilines is 1. The molecular weight excluding hydrogens is 409 g/mol. The maximum Gasteiger partial charge on any atom is 0.393 e. The second-order valence-corrected chi connectivity index (χ2v) is 7.93. The molecule has 0 unspecified atom stereocenters. The van der Waals surface area contributed by atoms with E-state index < -0.39 is 12.1 Å². The van der Waals surface area contributed by atoms with Crippen molar-refractivity contribution in [3.8, 4) is 0 Å². The number of allylic oxidation sites excluding steroid dienone is 2. The smallest absolute Gasteiger partial charge is 0.375 e. The van der Waals surface area contributed by atoms with Crippen LogP contribution in [0.5, 0.6) is 0 Å². The molecule has 0 saturated carbocycles. The number of halogens is 3. The second-order valence-electron chi connectivity index (χ2n) is 7.93. The largest absolute Gasteiger partial charge is 0.393 e. The highest BCUT2D eigenvalue weighted by Gasteiger charge is 2.42. The van der Waals surface area contributed by atoms with Crippen LogP contribution in [0.2, 0.25) is 0 Å². The minimum Gasteiger partial charge on any atom is -0.375 e. The summed E-state index contributed by atoms with van der Waals surface area (Å²) in [5, 5.41) is 2.77. The Morgan fingerprint density at radius 1 is 1.16 bits per heavy atom. The van der Waals surface area contributed by atoms with E-state index in [-0.39, 0.29) is 25.0 Å². The highest BCUT2D eigenvalue weighted by Crippen LogP contribution is 2.34. The maximum absolute atomic E-state index is 13.3. The van der Waals surface area contributed by atoms with Gasteiger partial charge in [-0.25, -0.2) is 14.8 Å². The topological polar surface area (TPSA) is 64.1 Å². The molecule has 3 aliphatic heterocycles. The molecule has 1 N–H and O–H groups in total. The first-order chi connectivity index (χ1) is 14.9. The Labute approximate surface area is 178 Å². The van der Waals surface area contributed by atoms with Gasteiger partial charge < -0.3 is 9.80 Å². The third kappa shape index (κ3) is 5.18. The van der Waals surface area contributed by atoms with Gasteiger partial charge in [0.05, 0.1) is 12.0 Å². The van der Waals surface area contributed by atoms with E-state index in [1.54, 1.807) is 35.4 Å². The molecule has 10 heteroatoms. The summed E-state index contributed by atoms with van der Waals surface area (Å²) in [4.78, 5) is 26.8. The first-order valence-electron chi connectivity index (χ1n) is 10.4. The Hall–Kier alpha value is -3.04. The number of fused-ring (bicyclic) bond motifs is 2. The molecule has 0 aromatic carbocycles.